The molecule has 2 aliphatic heterocycles. The van der Waals surface area contributed by atoms with Gasteiger partial charge in [0.2, 0.25) is 5.91 Å². The van der Waals surface area contributed by atoms with Crippen LogP contribution in [0.15, 0.2) is 12.1 Å². The normalized spacial score (nSPS) is 26.9. The molecule has 0 saturated carbocycles. The molecule has 1 aromatic rings. The lowest BCUT2D eigenvalue weighted by molar-refractivity contribution is -0.119. The van der Waals surface area contributed by atoms with Gasteiger partial charge in [-0.15, -0.1) is 0 Å². The molecule has 0 aromatic heterocycles. The van der Waals surface area contributed by atoms with Crippen molar-refractivity contribution in [2.75, 3.05) is 19.7 Å². The Morgan fingerprint density at radius 1 is 1.27 bits per heavy atom. The number of carbonyl (C=O) groups excluding carboxylic acids is 1. The molecule has 1 aliphatic carbocycles. The minimum absolute atomic E-state index is 0.224. The van der Waals surface area contributed by atoms with Crippen LogP contribution >= 0.6 is 0 Å². The molecule has 0 unspecified atom stereocenters. The van der Waals surface area contributed by atoms with Crippen molar-refractivity contribution in [2.24, 2.45) is 5.92 Å². The zero-order valence-corrected chi connectivity index (χ0v) is 13.2. The van der Waals surface area contributed by atoms with Gasteiger partial charge in [0.05, 0.1) is 6.61 Å². The van der Waals surface area contributed by atoms with Crippen LogP contribution in [-0.4, -0.2) is 36.5 Å². The maximum absolute atomic E-state index is 11.4. The molecule has 4 heteroatoms. The summed E-state index contributed by atoms with van der Waals surface area (Å²) >= 11 is 0. The molecule has 1 amide bonds. The molecule has 2 atom stereocenters. The first-order valence-electron chi connectivity index (χ1n) is 8.52. The van der Waals surface area contributed by atoms with Gasteiger partial charge in [0, 0.05) is 43.6 Å². The second-order valence-electron chi connectivity index (χ2n) is 6.85. The number of ether oxygens (including phenoxy) is 1. The molecule has 118 valence electrons. The van der Waals surface area contributed by atoms with Crippen molar-refractivity contribution in [1.82, 2.24) is 10.2 Å². The molecule has 0 radical (unpaired) electrons. The van der Waals surface area contributed by atoms with Crippen LogP contribution in [-0.2, 0) is 24.2 Å². The fourth-order valence-electron chi connectivity index (χ4n) is 4.27. The van der Waals surface area contributed by atoms with Gasteiger partial charge in [-0.2, -0.15) is 0 Å². The molecule has 2 fully saturated rings. The summed E-state index contributed by atoms with van der Waals surface area (Å²) < 4.78 is 5.89. The standard InChI is InChI=1S/C18H24N2O2/c1-2-22-17-7-13-5-3-4-12(13)6-15(17)10-20-9-14-8-18(21)19-16(14)11-20/h6-7,14,16H,2-5,8-11H2,1H3,(H,19,21)/t14-,16+/m0/s1. The number of carbonyl (C=O) groups is 1. The minimum atomic E-state index is 0.224. The van der Waals surface area contributed by atoms with Crippen LogP contribution < -0.4 is 10.1 Å². The molecular formula is C18H24N2O2. The third-order valence-electron chi connectivity index (χ3n) is 5.28. The summed E-state index contributed by atoms with van der Waals surface area (Å²) in [6.07, 6.45) is 4.36. The Balaban J connectivity index is 1.52. The quantitative estimate of drug-likeness (QED) is 0.923. The van der Waals surface area contributed by atoms with Crippen molar-refractivity contribution in [1.29, 1.82) is 0 Å². The molecule has 4 nitrogen and oxygen atoms in total. The maximum atomic E-state index is 11.4. The van der Waals surface area contributed by atoms with Crippen molar-refractivity contribution in [2.45, 2.75) is 45.2 Å². The van der Waals surface area contributed by atoms with E-state index in [4.69, 9.17) is 4.74 Å². The van der Waals surface area contributed by atoms with Crippen LogP contribution in [0, 0.1) is 5.92 Å². The summed E-state index contributed by atoms with van der Waals surface area (Å²) in [6.45, 7) is 5.69. The van der Waals surface area contributed by atoms with E-state index in [1.165, 1.54) is 36.0 Å². The van der Waals surface area contributed by atoms with Crippen molar-refractivity contribution >= 4 is 5.91 Å². The van der Waals surface area contributed by atoms with E-state index in [1.54, 1.807) is 0 Å². The number of hydrogen-bond acceptors (Lipinski definition) is 3. The van der Waals surface area contributed by atoms with Crippen LogP contribution in [0.25, 0.3) is 0 Å². The predicted octanol–water partition coefficient (Wildman–Crippen LogP) is 1.89. The number of benzene rings is 1. The molecule has 0 spiro atoms. The summed E-state index contributed by atoms with van der Waals surface area (Å²) in [5, 5.41) is 3.10. The number of rotatable bonds is 4. The van der Waals surface area contributed by atoms with E-state index in [9.17, 15) is 4.79 Å². The summed E-state index contributed by atoms with van der Waals surface area (Å²) in [5.41, 5.74) is 4.29. The van der Waals surface area contributed by atoms with E-state index in [0.29, 0.717) is 25.0 Å². The Morgan fingerprint density at radius 2 is 2.09 bits per heavy atom. The monoisotopic (exact) mass is 300 g/mol. The number of likely N-dealkylation sites (tertiary alicyclic amines) is 1. The summed E-state index contributed by atoms with van der Waals surface area (Å²) in [5.74, 6) is 1.78. The lowest BCUT2D eigenvalue weighted by atomic mass is 10.0. The van der Waals surface area contributed by atoms with E-state index in [2.05, 4.69) is 22.3 Å². The minimum Gasteiger partial charge on any atom is -0.494 e. The molecule has 2 saturated heterocycles. The van der Waals surface area contributed by atoms with Crippen molar-refractivity contribution < 1.29 is 9.53 Å². The maximum Gasteiger partial charge on any atom is 0.220 e. The van der Waals surface area contributed by atoms with Crippen LogP contribution in [0.4, 0.5) is 0 Å². The van der Waals surface area contributed by atoms with Gasteiger partial charge in [-0.25, -0.2) is 0 Å². The molecule has 2 heterocycles. The van der Waals surface area contributed by atoms with Crippen molar-refractivity contribution in [3.8, 4) is 5.75 Å². The lowest BCUT2D eigenvalue weighted by Crippen LogP contribution is -2.32. The summed E-state index contributed by atoms with van der Waals surface area (Å²) in [4.78, 5) is 13.9. The van der Waals surface area contributed by atoms with Gasteiger partial charge >= 0.3 is 0 Å². The van der Waals surface area contributed by atoms with E-state index < -0.39 is 0 Å². The van der Waals surface area contributed by atoms with Crippen LogP contribution in [0.1, 0.15) is 36.5 Å². The highest BCUT2D eigenvalue weighted by molar-refractivity contribution is 5.79. The Morgan fingerprint density at radius 3 is 2.86 bits per heavy atom. The highest BCUT2D eigenvalue weighted by atomic mass is 16.5. The van der Waals surface area contributed by atoms with Gasteiger partial charge in [-0.1, -0.05) is 6.07 Å². The Bertz CT molecular complexity index is 583. The molecule has 3 aliphatic rings. The van der Waals surface area contributed by atoms with Gasteiger partial charge in [0.1, 0.15) is 5.75 Å². The molecule has 1 N–H and O–H groups in total. The first-order chi connectivity index (χ1) is 10.7. The molecule has 4 rings (SSSR count). The molecule has 1 aromatic carbocycles. The fraction of sp³-hybridized carbons (Fsp3) is 0.611. The Hall–Kier alpha value is -1.55. The second-order valence-corrected chi connectivity index (χ2v) is 6.85. The molecule has 22 heavy (non-hydrogen) atoms. The number of amides is 1. The highest BCUT2D eigenvalue weighted by Gasteiger charge is 2.39. The number of nitrogens with one attached hydrogen (secondary N) is 1. The summed E-state index contributed by atoms with van der Waals surface area (Å²) in [6, 6.07) is 4.98. The van der Waals surface area contributed by atoms with Gasteiger partial charge in [-0.3, -0.25) is 9.69 Å². The van der Waals surface area contributed by atoms with E-state index in [1.807, 2.05) is 6.92 Å². The van der Waals surface area contributed by atoms with Crippen LogP contribution in [0.5, 0.6) is 5.75 Å². The van der Waals surface area contributed by atoms with Gasteiger partial charge in [-0.05, 0) is 43.4 Å². The smallest absolute Gasteiger partial charge is 0.220 e. The Kier molecular flexibility index (Phi) is 3.57. The van der Waals surface area contributed by atoms with Gasteiger partial charge in [0.25, 0.3) is 0 Å². The van der Waals surface area contributed by atoms with Crippen molar-refractivity contribution in [3.63, 3.8) is 0 Å². The first-order valence-corrected chi connectivity index (χ1v) is 8.52. The number of nitrogens with zero attached hydrogens (tertiary/aromatic N) is 1. The topological polar surface area (TPSA) is 41.6 Å². The SMILES string of the molecule is CCOc1cc2c(cc1CN1C[C@@H]3CC(=O)N[C@@H]3C1)CCC2. The predicted molar refractivity (Wildman–Crippen MR) is 85.0 cm³/mol. The van der Waals surface area contributed by atoms with Crippen LogP contribution in [0.2, 0.25) is 0 Å². The third-order valence-corrected chi connectivity index (χ3v) is 5.28. The zero-order valence-electron chi connectivity index (χ0n) is 13.2. The molecule has 0 bridgehead atoms. The summed E-state index contributed by atoms with van der Waals surface area (Å²) in [7, 11) is 0. The first kappa shape index (κ1) is 14.1. The van der Waals surface area contributed by atoms with Gasteiger partial charge in [0.15, 0.2) is 0 Å². The number of hydrogen-bond donors (Lipinski definition) is 1. The average Bonchev–Trinajstić information content (AvgIpc) is 3.13. The second kappa shape index (κ2) is 5.58. The highest BCUT2D eigenvalue weighted by Crippen LogP contribution is 2.33. The molecular weight excluding hydrogens is 276 g/mol. The fourth-order valence-corrected chi connectivity index (χ4v) is 4.27. The zero-order chi connectivity index (χ0) is 15.1. The van der Waals surface area contributed by atoms with Crippen molar-refractivity contribution in [3.05, 3.63) is 28.8 Å². The third kappa shape index (κ3) is 2.50. The number of fused-ring (bicyclic) bond motifs is 2. The van der Waals surface area contributed by atoms with Gasteiger partial charge < -0.3 is 10.1 Å². The van der Waals surface area contributed by atoms with Crippen LogP contribution in [0.3, 0.4) is 0 Å². The van der Waals surface area contributed by atoms with E-state index >= 15 is 0 Å². The Labute approximate surface area is 131 Å². The van der Waals surface area contributed by atoms with E-state index in [-0.39, 0.29) is 5.91 Å². The largest absolute Gasteiger partial charge is 0.494 e. The average molecular weight is 300 g/mol. The lowest BCUT2D eigenvalue weighted by Gasteiger charge is -2.20. The number of aryl methyl sites for hydroxylation is 2. The van der Waals surface area contributed by atoms with E-state index in [0.717, 1.165) is 25.4 Å².